The minimum atomic E-state index is -3.99. The Kier molecular flexibility index (Phi) is 5.37. The summed E-state index contributed by atoms with van der Waals surface area (Å²) in [5, 5.41) is 4.68. The van der Waals surface area contributed by atoms with Crippen LogP contribution in [-0.2, 0) is 19.2 Å². The Morgan fingerprint density at radius 1 is 1.41 bits per heavy atom. The van der Waals surface area contributed by atoms with Crippen LogP contribution in [0.4, 0.5) is 4.79 Å². The van der Waals surface area contributed by atoms with Crippen molar-refractivity contribution in [2.75, 3.05) is 13.7 Å². The van der Waals surface area contributed by atoms with Crippen LogP contribution in [-0.4, -0.2) is 44.7 Å². The van der Waals surface area contributed by atoms with Crippen LogP contribution in [0.1, 0.15) is 27.7 Å². The van der Waals surface area contributed by atoms with Crippen molar-refractivity contribution in [2.24, 2.45) is 5.14 Å². The molecule has 0 aliphatic heterocycles. The van der Waals surface area contributed by atoms with Gasteiger partial charge in [-0.25, -0.2) is 9.93 Å². The van der Waals surface area contributed by atoms with Crippen LogP contribution in [0, 0.1) is 0 Å². The fourth-order valence-electron chi connectivity index (χ4n) is 0.819. The second-order valence-electron chi connectivity index (χ2n) is 4.72. The highest BCUT2D eigenvalue weighted by Crippen LogP contribution is 2.10. The molecule has 2 N–H and O–H groups in total. The maximum absolute atomic E-state index is 11.6. The van der Waals surface area contributed by atoms with Crippen LogP contribution in [0.3, 0.4) is 0 Å². The van der Waals surface area contributed by atoms with Crippen molar-refractivity contribution in [3.8, 4) is 0 Å². The molecule has 0 aliphatic rings. The molecule has 0 aromatic carbocycles. The van der Waals surface area contributed by atoms with Crippen LogP contribution in [0.15, 0.2) is 0 Å². The maximum Gasteiger partial charge on any atom is 0.410 e. The molecule has 1 atom stereocenters. The molecular formula is C9H20N2O5S. The standard InChI is InChI=1S/C9H20N2O5S/c1-7(6-15-17(10,13)14)11(5)8(12)16-9(2,3)4/h7H,6H2,1-5H3,(H2,10,13,14). The molecule has 102 valence electrons. The van der Waals surface area contributed by atoms with E-state index in [0.717, 1.165) is 0 Å². The van der Waals surface area contributed by atoms with Gasteiger partial charge in [-0.1, -0.05) is 0 Å². The van der Waals surface area contributed by atoms with Crippen LogP contribution in [0.2, 0.25) is 0 Å². The number of carbonyl (C=O) groups is 1. The van der Waals surface area contributed by atoms with Gasteiger partial charge in [0.1, 0.15) is 5.60 Å². The summed E-state index contributed by atoms with van der Waals surface area (Å²) < 4.78 is 30.7. The van der Waals surface area contributed by atoms with Gasteiger partial charge in [0.2, 0.25) is 0 Å². The first-order valence-corrected chi connectivity index (χ1v) is 6.52. The first-order valence-electron chi connectivity index (χ1n) is 5.05. The van der Waals surface area contributed by atoms with E-state index >= 15 is 0 Å². The minimum Gasteiger partial charge on any atom is -0.444 e. The largest absolute Gasteiger partial charge is 0.444 e. The average molecular weight is 268 g/mol. The normalized spacial score (nSPS) is 14.2. The average Bonchev–Trinajstić information content (AvgIpc) is 2.08. The summed E-state index contributed by atoms with van der Waals surface area (Å²) in [6, 6.07) is -0.469. The first kappa shape index (κ1) is 16.1. The van der Waals surface area contributed by atoms with E-state index in [1.54, 1.807) is 27.7 Å². The molecule has 0 aromatic heterocycles. The molecule has 0 saturated carbocycles. The molecule has 1 amide bonds. The third-order valence-electron chi connectivity index (χ3n) is 1.82. The van der Waals surface area contributed by atoms with Crippen molar-refractivity contribution < 1.29 is 22.1 Å². The summed E-state index contributed by atoms with van der Waals surface area (Å²) in [5.41, 5.74) is -0.605. The number of hydrogen-bond donors (Lipinski definition) is 1. The van der Waals surface area contributed by atoms with Crippen molar-refractivity contribution in [1.82, 2.24) is 4.90 Å². The molecule has 0 heterocycles. The number of nitrogens with zero attached hydrogens (tertiary/aromatic N) is 1. The fourth-order valence-corrected chi connectivity index (χ4v) is 1.21. The highest BCUT2D eigenvalue weighted by atomic mass is 32.2. The molecule has 1 unspecified atom stereocenters. The van der Waals surface area contributed by atoms with Gasteiger partial charge in [-0.15, -0.1) is 0 Å². The van der Waals surface area contributed by atoms with Gasteiger partial charge in [0, 0.05) is 7.05 Å². The SMILES string of the molecule is CC(COS(N)(=O)=O)N(C)C(=O)OC(C)(C)C. The fraction of sp³-hybridized carbons (Fsp3) is 0.889. The van der Waals surface area contributed by atoms with E-state index in [2.05, 4.69) is 9.32 Å². The summed E-state index contributed by atoms with van der Waals surface area (Å²) in [4.78, 5) is 12.8. The van der Waals surface area contributed by atoms with Crippen LogP contribution in [0.5, 0.6) is 0 Å². The monoisotopic (exact) mass is 268 g/mol. The number of likely N-dealkylation sites (N-methyl/N-ethyl adjacent to an activating group) is 1. The lowest BCUT2D eigenvalue weighted by molar-refractivity contribution is 0.0196. The molecule has 7 nitrogen and oxygen atoms in total. The third kappa shape index (κ3) is 7.94. The second kappa shape index (κ2) is 5.65. The Hall–Kier alpha value is -0.860. The Morgan fingerprint density at radius 2 is 1.88 bits per heavy atom. The van der Waals surface area contributed by atoms with E-state index < -0.39 is 28.0 Å². The predicted octanol–water partition coefficient (Wildman–Crippen LogP) is 0.462. The smallest absolute Gasteiger partial charge is 0.410 e. The van der Waals surface area contributed by atoms with Crippen LogP contribution >= 0.6 is 0 Å². The zero-order valence-electron chi connectivity index (χ0n) is 10.8. The second-order valence-corrected chi connectivity index (χ2v) is 5.94. The van der Waals surface area contributed by atoms with E-state index in [1.165, 1.54) is 11.9 Å². The Labute approximate surface area is 102 Å². The van der Waals surface area contributed by atoms with E-state index in [4.69, 9.17) is 4.74 Å². The molecule has 0 aliphatic carbocycles. The molecule has 0 saturated heterocycles. The highest BCUT2D eigenvalue weighted by Gasteiger charge is 2.23. The summed E-state index contributed by atoms with van der Waals surface area (Å²) in [7, 11) is -2.50. The van der Waals surface area contributed by atoms with Gasteiger partial charge >= 0.3 is 16.4 Å². The highest BCUT2D eigenvalue weighted by molar-refractivity contribution is 7.84. The van der Waals surface area contributed by atoms with Gasteiger partial charge < -0.3 is 9.64 Å². The quantitative estimate of drug-likeness (QED) is 0.798. The van der Waals surface area contributed by atoms with E-state index in [-0.39, 0.29) is 6.61 Å². The summed E-state index contributed by atoms with van der Waals surface area (Å²) in [6.45, 7) is 6.63. The van der Waals surface area contributed by atoms with Gasteiger partial charge in [0.05, 0.1) is 12.6 Å². The molecule has 0 bridgehead atoms. The molecule has 0 spiro atoms. The maximum atomic E-state index is 11.6. The number of rotatable bonds is 4. The lowest BCUT2D eigenvalue weighted by atomic mass is 10.2. The topological polar surface area (TPSA) is 98.9 Å². The van der Waals surface area contributed by atoms with Gasteiger partial charge in [-0.2, -0.15) is 8.42 Å². The lowest BCUT2D eigenvalue weighted by Gasteiger charge is -2.28. The lowest BCUT2D eigenvalue weighted by Crippen LogP contribution is -2.42. The first-order chi connectivity index (χ1) is 7.42. The summed E-state index contributed by atoms with van der Waals surface area (Å²) >= 11 is 0. The number of hydrogen-bond acceptors (Lipinski definition) is 5. The molecule has 8 heteroatoms. The van der Waals surface area contributed by atoms with Crippen molar-refractivity contribution in [1.29, 1.82) is 0 Å². The van der Waals surface area contributed by atoms with Crippen LogP contribution in [0.25, 0.3) is 0 Å². The van der Waals surface area contributed by atoms with Gasteiger partial charge in [0.15, 0.2) is 0 Å². The summed E-state index contributed by atoms with van der Waals surface area (Å²) in [5.74, 6) is 0. The zero-order chi connectivity index (χ0) is 13.9. The molecule has 0 radical (unpaired) electrons. The number of ether oxygens (including phenoxy) is 1. The van der Waals surface area contributed by atoms with Gasteiger partial charge in [-0.05, 0) is 27.7 Å². The van der Waals surface area contributed by atoms with Crippen molar-refractivity contribution in [3.05, 3.63) is 0 Å². The summed E-state index contributed by atoms with van der Waals surface area (Å²) in [6.07, 6.45) is -0.553. The molecule has 17 heavy (non-hydrogen) atoms. The van der Waals surface area contributed by atoms with Crippen molar-refractivity contribution in [2.45, 2.75) is 39.3 Å². The Balaban J connectivity index is 4.31. The number of amides is 1. The Morgan fingerprint density at radius 3 is 2.24 bits per heavy atom. The van der Waals surface area contributed by atoms with Gasteiger partial charge in [0.25, 0.3) is 0 Å². The van der Waals surface area contributed by atoms with Gasteiger partial charge in [-0.3, -0.25) is 4.18 Å². The number of carbonyl (C=O) groups excluding carboxylic acids is 1. The van der Waals surface area contributed by atoms with E-state index in [1.807, 2.05) is 0 Å². The molecule has 0 fully saturated rings. The minimum absolute atomic E-state index is 0.214. The third-order valence-corrected chi connectivity index (χ3v) is 2.28. The van der Waals surface area contributed by atoms with Crippen LogP contribution < -0.4 is 5.14 Å². The number of nitrogens with two attached hydrogens (primary N) is 1. The van der Waals surface area contributed by atoms with Crippen molar-refractivity contribution in [3.63, 3.8) is 0 Å². The molecule has 0 rings (SSSR count). The molecular weight excluding hydrogens is 248 g/mol. The van der Waals surface area contributed by atoms with E-state index in [9.17, 15) is 13.2 Å². The molecule has 0 aromatic rings. The van der Waals surface area contributed by atoms with E-state index in [0.29, 0.717) is 0 Å². The Bertz CT molecular complexity index is 360. The predicted molar refractivity (Wildman–Crippen MR) is 62.5 cm³/mol. The van der Waals surface area contributed by atoms with Crippen molar-refractivity contribution >= 4 is 16.4 Å². The zero-order valence-corrected chi connectivity index (χ0v) is 11.6.